The van der Waals surface area contributed by atoms with Gasteiger partial charge in [-0.25, -0.2) is 0 Å². The fourth-order valence-electron chi connectivity index (χ4n) is 3.56. The number of carboxylic acids is 1. The number of hydrogen-bond donors (Lipinski definition) is 1. The number of unbranched alkanes of at least 4 members (excludes halogenated alkanes) is 11. The van der Waals surface area contributed by atoms with E-state index >= 15 is 0 Å². The number of allylic oxidation sites excluding steroid dienone is 2. The Morgan fingerprint density at radius 2 is 1.53 bits per heavy atom. The lowest BCUT2D eigenvalue weighted by atomic mass is 10.1. The van der Waals surface area contributed by atoms with E-state index in [9.17, 15) is 14.4 Å². The summed E-state index contributed by atoms with van der Waals surface area (Å²) >= 11 is 0. The maximum Gasteiger partial charge on any atom is 0.320 e. The van der Waals surface area contributed by atoms with Gasteiger partial charge in [0.2, 0.25) is 0 Å². The van der Waals surface area contributed by atoms with E-state index in [0.29, 0.717) is 6.42 Å². The highest BCUT2D eigenvalue weighted by atomic mass is 16.6. The van der Waals surface area contributed by atoms with Crippen molar-refractivity contribution in [2.24, 2.45) is 5.92 Å². The van der Waals surface area contributed by atoms with Crippen molar-refractivity contribution in [3.05, 3.63) is 12.2 Å². The first kappa shape index (κ1) is 26.2. The van der Waals surface area contributed by atoms with Gasteiger partial charge in [0.15, 0.2) is 5.92 Å². The van der Waals surface area contributed by atoms with Crippen molar-refractivity contribution in [1.29, 1.82) is 0 Å². The van der Waals surface area contributed by atoms with E-state index in [1.54, 1.807) is 0 Å². The average molecular weight is 425 g/mol. The van der Waals surface area contributed by atoms with E-state index in [0.717, 1.165) is 25.7 Å². The van der Waals surface area contributed by atoms with E-state index in [-0.39, 0.29) is 19.0 Å². The largest absolute Gasteiger partial charge is 0.481 e. The summed E-state index contributed by atoms with van der Waals surface area (Å²) < 4.78 is 10.0. The van der Waals surface area contributed by atoms with E-state index in [4.69, 9.17) is 14.6 Å². The minimum Gasteiger partial charge on any atom is -0.481 e. The topological polar surface area (TPSA) is 89.9 Å². The fourth-order valence-corrected chi connectivity index (χ4v) is 3.56. The summed E-state index contributed by atoms with van der Waals surface area (Å²) in [5.74, 6) is -3.40. The normalized spacial score (nSPS) is 18.6. The summed E-state index contributed by atoms with van der Waals surface area (Å²) in [6.07, 6.45) is 20.0. The zero-order valence-electron chi connectivity index (χ0n) is 18.6. The first-order valence-electron chi connectivity index (χ1n) is 11.8. The van der Waals surface area contributed by atoms with Crippen LogP contribution in [0.2, 0.25) is 0 Å². The summed E-state index contributed by atoms with van der Waals surface area (Å²) in [7, 11) is 0. The smallest absolute Gasteiger partial charge is 0.320 e. The zero-order chi connectivity index (χ0) is 22.0. The molecule has 1 saturated heterocycles. The van der Waals surface area contributed by atoms with Gasteiger partial charge in [0.05, 0.1) is 0 Å². The molecule has 1 aliphatic rings. The van der Waals surface area contributed by atoms with Gasteiger partial charge in [-0.05, 0) is 32.1 Å². The second kappa shape index (κ2) is 16.9. The number of carbonyl (C=O) groups is 3. The summed E-state index contributed by atoms with van der Waals surface area (Å²) in [5.41, 5.74) is 0. The Morgan fingerprint density at radius 1 is 0.967 bits per heavy atom. The van der Waals surface area contributed by atoms with Gasteiger partial charge < -0.3 is 14.6 Å². The molecule has 1 rings (SSSR count). The summed E-state index contributed by atoms with van der Waals surface area (Å²) in [5, 5.41) is 8.87. The van der Waals surface area contributed by atoms with E-state index in [1.807, 2.05) is 0 Å². The van der Waals surface area contributed by atoms with Crippen molar-refractivity contribution in [2.45, 2.75) is 109 Å². The van der Waals surface area contributed by atoms with Crippen LogP contribution in [0, 0.1) is 5.92 Å². The summed E-state index contributed by atoms with van der Waals surface area (Å²) in [4.78, 5) is 33.9. The molecular formula is C24H40O6. The van der Waals surface area contributed by atoms with Crippen LogP contribution in [0.25, 0.3) is 0 Å². The first-order valence-corrected chi connectivity index (χ1v) is 11.8. The van der Waals surface area contributed by atoms with Crippen molar-refractivity contribution in [2.75, 3.05) is 6.61 Å². The van der Waals surface area contributed by atoms with E-state index in [1.165, 1.54) is 57.8 Å². The van der Waals surface area contributed by atoms with Crippen molar-refractivity contribution in [3.8, 4) is 0 Å². The van der Waals surface area contributed by atoms with Crippen LogP contribution in [-0.4, -0.2) is 35.7 Å². The standard InChI is InChI=1S/C24H40O6/c1-2-3-4-5-6-7-8-9-10-11-12-13-14-15-16-17-22(25)29-19-20-18-21(23(26)27)24(28)30-20/h9-10,20-21H,2-8,11-19H2,1H3,(H,26,27)/b10-9-/t20-,21?/m0/s1. The van der Waals surface area contributed by atoms with Crippen molar-refractivity contribution in [3.63, 3.8) is 0 Å². The van der Waals surface area contributed by atoms with Crippen LogP contribution in [-0.2, 0) is 23.9 Å². The molecule has 1 aliphatic heterocycles. The lowest BCUT2D eigenvalue weighted by Gasteiger charge is -2.09. The molecule has 1 unspecified atom stereocenters. The highest BCUT2D eigenvalue weighted by Gasteiger charge is 2.40. The third-order valence-electron chi connectivity index (χ3n) is 5.44. The first-order chi connectivity index (χ1) is 14.5. The summed E-state index contributed by atoms with van der Waals surface area (Å²) in [6.45, 7) is 2.19. The molecule has 0 saturated carbocycles. The molecule has 0 aromatic heterocycles. The minimum atomic E-state index is -1.19. The molecule has 0 spiro atoms. The van der Waals surface area contributed by atoms with Gasteiger partial charge in [0.1, 0.15) is 12.7 Å². The van der Waals surface area contributed by atoms with Crippen molar-refractivity contribution < 1.29 is 29.0 Å². The quantitative estimate of drug-likeness (QED) is 0.134. The highest BCUT2D eigenvalue weighted by molar-refractivity contribution is 5.95. The predicted octanol–water partition coefficient (Wildman–Crippen LogP) is 5.58. The predicted molar refractivity (Wildman–Crippen MR) is 116 cm³/mol. The molecule has 6 heteroatoms. The molecule has 6 nitrogen and oxygen atoms in total. The van der Waals surface area contributed by atoms with Gasteiger partial charge in [0.25, 0.3) is 0 Å². The second-order valence-electron chi connectivity index (χ2n) is 8.20. The zero-order valence-corrected chi connectivity index (χ0v) is 18.6. The minimum absolute atomic E-state index is 0.0561. The maximum atomic E-state index is 11.7. The van der Waals surface area contributed by atoms with Gasteiger partial charge in [-0.2, -0.15) is 0 Å². The Bertz CT molecular complexity index is 528. The van der Waals surface area contributed by atoms with Crippen LogP contribution in [0.4, 0.5) is 0 Å². The molecule has 0 bridgehead atoms. The molecule has 1 N–H and O–H groups in total. The Morgan fingerprint density at radius 3 is 2.10 bits per heavy atom. The molecule has 0 amide bonds. The lowest BCUT2D eigenvalue weighted by Crippen LogP contribution is -2.19. The SMILES string of the molecule is CCCCCCCC/C=C\CCCCCCCC(=O)OC[C@@H]1CC(C(=O)O)C(=O)O1. The monoisotopic (exact) mass is 424 g/mol. The number of carbonyl (C=O) groups excluding carboxylic acids is 2. The van der Waals surface area contributed by atoms with Crippen LogP contribution < -0.4 is 0 Å². The molecule has 0 aliphatic carbocycles. The van der Waals surface area contributed by atoms with Gasteiger partial charge in [-0.3, -0.25) is 14.4 Å². The fraction of sp³-hybridized carbons (Fsp3) is 0.792. The van der Waals surface area contributed by atoms with E-state index < -0.39 is 24.0 Å². The van der Waals surface area contributed by atoms with Crippen LogP contribution in [0.3, 0.4) is 0 Å². The Hall–Kier alpha value is -1.85. The number of rotatable bonds is 18. The molecule has 1 fully saturated rings. The highest BCUT2D eigenvalue weighted by Crippen LogP contribution is 2.21. The van der Waals surface area contributed by atoms with E-state index in [2.05, 4.69) is 19.1 Å². The van der Waals surface area contributed by atoms with Crippen LogP contribution >= 0.6 is 0 Å². The molecule has 0 radical (unpaired) electrons. The van der Waals surface area contributed by atoms with Gasteiger partial charge >= 0.3 is 17.9 Å². The number of ether oxygens (including phenoxy) is 2. The second-order valence-corrected chi connectivity index (χ2v) is 8.20. The van der Waals surface area contributed by atoms with Gasteiger partial charge in [-0.1, -0.05) is 70.4 Å². The van der Waals surface area contributed by atoms with Crippen molar-refractivity contribution in [1.82, 2.24) is 0 Å². The Kier molecular flexibility index (Phi) is 14.7. The molecule has 172 valence electrons. The molecule has 0 aromatic carbocycles. The number of carboxylic acid groups (broad SMARTS) is 1. The number of cyclic esters (lactones) is 1. The summed E-state index contributed by atoms with van der Waals surface area (Å²) in [6, 6.07) is 0. The Labute approximate surface area is 181 Å². The molecule has 2 atom stereocenters. The molecule has 0 aromatic rings. The Balaban J connectivity index is 1.88. The number of esters is 2. The van der Waals surface area contributed by atoms with Crippen LogP contribution in [0.15, 0.2) is 12.2 Å². The number of hydrogen-bond acceptors (Lipinski definition) is 5. The lowest BCUT2D eigenvalue weighted by molar-refractivity contribution is -0.157. The van der Waals surface area contributed by atoms with Crippen LogP contribution in [0.1, 0.15) is 103 Å². The third kappa shape index (κ3) is 12.7. The average Bonchev–Trinajstić information content (AvgIpc) is 3.10. The molecule has 30 heavy (non-hydrogen) atoms. The molecule has 1 heterocycles. The van der Waals surface area contributed by atoms with Gasteiger partial charge in [0, 0.05) is 12.8 Å². The number of aliphatic carboxylic acids is 1. The van der Waals surface area contributed by atoms with Gasteiger partial charge in [-0.15, -0.1) is 0 Å². The maximum absolute atomic E-state index is 11.7. The third-order valence-corrected chi connectivity index (χ3v) is 5.44. The van der Waals surface area contributed by atoms with Crippen molar-refractivity contribution >= 4 is 17.9 Å². The van der Waals surface area contributed by atoms with Crippen LogP contribution in [0.5, 0.6) is 0 Å². The molecular weight excluding hydrogens is 384 g/mol.